The smallest absolute Gasteiger partial charge is 0.169 e. The van der Waals surface area contributed by atoms with E-state index in [4.69, 9.17) is 19.9 Å². The first-order chi connectivity index (χ1) is 23.4. The number of ether oxygens (including phenoxy) is 1. The Kier molecular flexibility index (Phi) is 6.34. The first-order valence-corrected chi connectivity index (χ1v) is 16.4. The summed E-state index contributed by atoms with van der Waals surface area (Å²) in [4.78, 5) is 4.89. The van der Waals surface area contributed by atoms with Crippen molar-refractivity contribution >= 4 is 49.1 Å². The minimum absolute atomic E-state index is 0.418. The molecule has 4 aromatic heterocycles. The Bertz CT molecular complexity index is 2700. The molecular formula is C42H33N5O. The number of pyridine rings is 2. The van der Waals surface area contributed by atoms with Crippen molar-refractivity contribution in [1.29, 1.82) is 0 Å². The lowest BCUT2D eigenvalue weighted by molar-refractivity contribution is 0.484. The molecule has 0 atom stereocenters. The predicted molar refractivity (Wildman–Crippen MR) is 196 cm³/mol. The van der Waals surface area contributed by atoms with Gasteiger partial charge in [0.1, 0.15) is 17.3 Å². The molecule has 0 fully saturated rings. The van der Waals surface area contributed by atoms with Crippen molar-refractivity contribution in [3.8, 4) is 28.7 Å². The minimum Gasteiger partial charge on any atom is -0.457 e. The number of benzene rings is 5. The van der Waals surface area contributed by atoms with Crippen molar-refractivity contribution in [3.63, 3.8) is 0 Å². The van der Waals surface area contributed by atoms with Crippen LogP contribution in [0.15, 0.2) is 121 Å². The molecule has 4 heterocycles. The van der Waals surface area contributed by atoms with E-state index in [1.165, 1.54) is 16.5 Å². The Balaban J connectivity index is 1.21. The summed E-state index contributed by atoms with van der Waals surface area (Å²) in [5.74, 6) is 3.62. The van der Waals surface area contributed by atoms with Crippen LogP contribution < -0.4 is 4.74 Å². The zero-order chi connectivity index (χ0) is 32.5. The van der Waals surface area contributed by atoms with Gasteiger partial charge in [0.25, 0.3) is 0 Å². The summed E-state index contributed by atoms with van der Waals surface area (Å²) in [5, 5.41) is 15.1. The van der Waals surface area contributed by atoms with Gasteiger partial charge in [0.2, 0.25) is 0 Å². The molecule has 0 aliphatic carbocycles. The van der Waals surface area contributed by atoms with Crippen LogP contribution in [-0.4, -0.2) is 24.1 Å². The molecule has 0 radical (unpaired) electrons. The Morgan fingerprint density at radius 1 is 0.604 bits per heavy atom. The minimum atomic E-state index is 0.418. The topological polar surface area (TPSA) is 57.2 Å². The maximum absolute atomic E-state index is 6.64. The van der Waals surface area contributed by atoms with E-state index in [1.807, 2.05) is 18.3 Å². The van der Waals surface area contributed by atoms with Crippen molar-refractivity contribution in [2.75, 3.05) is 0 Å². The van der Waals surface area contributed by atoms with Gasteiger partial charge in [-0.1, -0.05) is 74.0 Å². The third-order valence-electron chi connectivity index (χ3n) is 9.51. The molecule has 0 aliphatic heterocycles. The molecule has 0 amide bonds. The van der Waals surface area contributed by atoms with Crippen LogP contribution in [-0.2, 0) is 0 Å². The molecule has 232 valence electrons. The zero-order valence-electron chi connectivity index (χ0n) is 27.3. The van der Waals surface area contributed by atoms with Crippen molar-refractivity contribution < 1.29 is 4.74 Å². The van der Waals surface area contributed by atoms with Crippen molar-refractivity contribution in [2.24, 2.45) is 0 Å². The third-order valence-corrected chi connectivity index (χ3v) is 9.51. The average Bonchev–Trinajstić information content (AvgIpc) is 3.68. The summed E-state index contributed by atoms with van der Waals surface area (Å²) >= 11 is 0. The van der Waals surface area contributed by atoms with E-state index in [1.54, 1.807) is 0 Å². The number of para-hydroxylation sites is 1. The standard InChI is InChI=1S/C42H33N5O/c1-25(2)28-14-20-40(43-24-28)46-37-12-8-7-11-33(37)34-18-16-30(23-39(34)46)48-29-15-17-32-35-21-26(3)13-19-38(35)47-41(31-10-6-5-9-27(31)4)44-45-42(47)36(32)22-29/h5-25H,1-4H3. The van der Waals surface area contributed by atoms with Gasteiger partial charge in [-0.3, -0.25) is 8.97 Å². The van der Waals surface area contributed by atoms with Gasteiger partial charge in [0, 0.05) is 39.4 Å². The lowest BCUT2D eigenvalue weighted by Crippen LogP contribution is -1.99. The molecule has 0 spiro atoms. The largest absolute Gasteiger partial charge is 0.457 e. The van der Waals surface area contributed by atoms with Crippen LogP contribution in [0.3, 0.4) is 0 Å². The highest BCUT2D eigenvalue weighted by Gasteiger charge is 2.19. The van der Waals surface area contributed by atoms with Gasteiger partial charge >= 0.3 is 0 Å². The first-order valence-electron chi connectivity index (χ1n) is 16.4. The van der Waals surface area contributed by atoms with Crippen LogP contribution in [0.5, 0.6) is 11.5 Å². The van der Waals surface area contributed by atoms with Crippen molar-refractivity contribution in [3.05, 3.63) is 138 Å². The highest BCUT2D eigenvalue weighted by Crippen LogP contribution is 2.38. The lowest BCUT2D eigenvalue weighted by atomic mass is 10.0. The summed E-state index contributed by atoms with van der Waals surface area (Å²) in [6.07, 6.45) is 1.98. The monoisotopic (exact) mass is 623 g/mol. The van der Waals surface area contributed by atoms with E-state index in [0.717, 1.165) is 78.0 Å². The fraction of sp³-hybridized carbons (Fsp3) is 0.119. The molecule has 48 heavy (non-hydrogen) atoms. The normalized spacial score (nSPS) is 11.9. The molecule has 5 aromatic carbocycles. The third kappa shape index (κ3) is 4.37. The maximum Gasteiger partial charge on any atom is 0.169 e. The molecule has 9 aromatic rings. The van der Waals surface area contributed by atoms with E-state index >= 15 is 0 Å². The molecule has 6 nitrogen and oxygen atoms in total. The number of fused-ring (bicyclic) bond motifs is 9. The van der Waals surface area contributed by atoms with Crippen molar-refractivity contribution in [1.82, 2.24) is 24.1 Å². The quantitative estimate of drug-likeness (QED) is 0.179. The Hall–Kier alpha value is -6.01. The highest BCUT2D eigenvalue weighted by atomic mass is 16.5. The van der Waals surface area contributed by atoms with Crippen LogP contribution >= 0.6 is 0 Å². The van der Waals surface area contributed by atoms with E-state index in [2.05, 4.69) is 140 Å². The van der Waals surface area contributed by atoms with E-state index in [-0.39, 0.29) is 0 Å². The van der Waals surface area contributed by atoms with Crippen LogP contribution in [0.25, 0.3) is 66.3 Å². The highest BCUT2D eigenvalue weighted by molar-refractivity contribution is 6.13. The van der Waals surface area contributed by atoms with Gasteiger partial charge < -0.3 is 4.74 Å². The van der Waals surface area contributed by atoms with E-state index in [0.29, 0.717) is 5.92 Å². The molecular weight excluding hydrogens is 590 g/mol. The van der Waals surface area contributed by atoms with Gasteiger partial charge in [-0.15, -0.1) is 10.2 Å². The van der Waals surface area contributed by atoms with Crippen LogP contribution in [0.4, 0.5) is 0 Å². The number of hydrogen-bond acceptors (Lipinski definition) is 4. The van der Waals surface area contributed by atoms with Crippen LogP contribution in [0.1, 0.15) is 36.5 Å². The molecule has 0 bridgehead atoms. The molecule has 6 heteroatoms. The van der Waals surface area contributed by atoms with Crippen LogP contribution in [0, 0.1) is 13.8 Å². The number of nitrogens with zero attached hydrogens (tertiary/aromatic N) is 5. The van der Waals surface area contributed by atoms with E-state index in [9.17, 15) is 0 Å². The summed E-state index contributed by atoms with van der Waals surface area (Å²) < 4.78 is 11.0. The fourth-order valence-electron chi connectivity index (χ4n) is 7.02. The van der Waals surface area contributed by atoms with Gasteiger partial charge in [-0.25, -0.2) is 4.98 Å². The van der Waals surface area contributed by atoms with Gasteiger partial charge in [0.05, 0.1) is 16.6 Å². The Morgan fingerprint density at radius 3 is 2.19 bits per heavy atom. The Morgan fingerprint density at radius 2 is 1.38 bits per heavy atom. The summed E-state index contributed by atoms with van der Waals surface area (Å²) in [5.41, 5.74) is 8.68. The second-order valence-electron chi connectivity index (χ2n) is 13.0. The summed E-state index contributed by atoms with van der Waals surface area (Å²) in [7, 11) is 0. The maximum atomic E-state index is 6.64. The molecule has 0 N–H and O–H groups in total. The second kappa shape index (κ2) is 10.8. The molecule has 0 saturated carbocycles. The van der Waals surface area contributed by atoms with Gasteiger partial charge in [0.15, 0.2) is 11.5 Å². The number of rotatable bonds is 5. The predicted octanol–water partition coefficient (Wildman–Crippen LogP) is 10.7. The lowest BCUT2D eigenvalue weighted by Gasteiger charge is -2.13. The Labute approximate surface area is 277 Å². The van der Waals surface area contributed by atoms with Crippen LogP contribution in [0.2, 0.25) is 0 Å². The average molecular weight is 624 g/mol. The van der Waals surface area contributed by atoms with E-state index < -0.39 is 0 Å². The SMILES string of the molecule is Cc1ccc2c(c1)c1ccc(Oc3ccc4c5ccccc5n(-c5ccc(C(C)C)cn5)c4c3)cc1c1nnc(-c3ccccc3C)n21. The molecule has 0 unspecified atom stereocenters. The second-order valence-corrected chi connectivity index (χ2v) is 13.0. The number of aryl methyl sites for hydroxylation is 2. The molecule has 9 rings (SSSR count). The first kappa shape index (κ1) is 28.2. The van der Waals surface area contributed by atoms with Gasteiger partial charge in [-0.05, 0) is 90.9 Å². The summed E-state index contributed by atoms with van der Waals surface area (Å²) in [6.45, 7) is 8.62. The number of aromatic nitrogens is 5. The fourth-order valence-corrected chi connectivity index (χ4v) is 7.02. The summed E-state index contributed by atoms with van der Waals surface area (Å²) in [6, 6.07) is 40.2. The number of hydrogen-bond donors (Lipinski definition) is 0. The zero-order valence-corrected chi connectivity index (χ0v) is 27.3. The molecule has 0 saturated heterocycles. The van der Waals surface area contributed by atoms with Gasteiger partial charge in [-0.2, -0.15) is 0 Å². The molecule has 0 aliphatic rings. The van der Waals surface area contributed by atoms with Crippen molar-refractivity contribution in [2.45, 2.75) is 33.6 Å².